The number of halogens is 1. The highest BCUT2D eigenvalue weighted by molar-refractivity contribution is 6.31. The second kappa shape index (κ2) is 4.47. The zero-order chi connectivity index (χ0) is 10.7. The summed E-state index contributed by atoms with van der Waals surface area (Å²) in [7, 11) is 0. The highest BCUT2D eigenvalue weighted by Crippen LogP contribution is 2.29. The van der Waals surface area contributed by atoms with Gasteiger partial charge in [0.25, 0.3) is 0 Å². The minimum Gasteiger partial charge on any atom is -0.325 e. The molecule has 0 saturated heterocycles. The van der Waals surface area contributed by atoms with Crippen LogP contribution >= 0.6 is 11.6 Å². The number of nitrogens with one attached hydrogen (secondary N) is 1. The molecule has 1 aliphatic heterocycles. The summed E-state index contributed by atoms with van der Waals surface area (Å²) in [4.78, 5) is 11.0. The van der Waals surface area contributed by atoms with Crippen LogP contribution in [0.3, 0.4) is 0 Å². The van der Waals surface area contributed by atoms with Crippen molar-refractivity contribution in [3.63, 3.8) is 0 Å². The van der Waals surface area contributed by atoms with Crippen molar-refractivity contribution in [1.82, 2.24) is 0 Å². The topological polar surface area (TPSA) is 29.1 Å². The average Bonchev–Trinajstić information content (AvgIpc) is 2.49. The molecule has 0 radical (unpaired) electrons. The Hall–Kier alpha value is -1.02. The Bertz CT molecular complexity index is 361. The van der Waals surface area contributed by atoms with Crippen LogP contribution in [0.2, 0.25) is 5.02 Å². The average molecular weight is 212 g/mol. The second-order valence-electron chi connectivity index (χ2n) is 2.98. The molecule has 0 aliphatic carbocycles. The van der Waals surface area contributed by atoms with Crippen LogP contribution in [0.15, 0.2) is 12.1 Å². The van der Waals surface area contributed by atoms with Crippen LogP contribution < -0.4 is 5.32 Å². The van der Waals surface area contributed by atoms with E-state index in [0.717, 1.165) is 16.8 Å². The number of aryl methyl sites for hydroxylation is 1. The molecule has 14 heavy (non-hydrogen) atoms. The standard InChI is InChI=1S/C9H8ClNO.C2H6/c1-5-2-7(10)3-6-4-8(12)11-9(5)6;1-2/h2-3H,4H2,1H3,(H,11,12);1-2H3. The van der Waals surface area contributed by atoms with E-state index in [9.17, 15) is 4.79 Å². The van der Waals surface area contributed by atoms with Gasteiger partial charge in [0.15, 0.2) is 0 Å². The van der Waals surface area contributed by atoms with E-state index in [-0.39, 0.29) is 5.91 Å². The molecule has 1 aliphatic rings. The van der Waals surface area contributed by atoms with E-state index in [1.807, 2.05) is 32.9 Å². The molecular weight excluding hydrogens is 198 g/mol. The maximum atomic E-state index is 11.0. The molecule has 0 atom stereocenters. The van der Waals surface area contributed by atoms with Gasteiger partial charge in [0, 0.05) is 10.7 Å². The molecular formula is C11H14ClNO. The molecule has 2 nitrogen and oxygen atoms in total. The number of hydrogen-bond donors (Lipinski definition) is 1. The lowest BCUT2D eigenvalue weighted by Crippen LogP contribution is -2.04. The lowest BCUT2D eigenvalue weighted by Gasteiger charge is -2.02. The summed E-state index contributed by atoms with van der Waals surface area (Å²) in [5.41, 5.74) is 2.97. The molecule has 76 valence electrons. The third-order valence-corrected chi connectivity index (χ3v) is 2.22. The van der Waals surface area contributed by atoms with Crippen LogP contribution in [0.25, 0.3) is 0 Å². The summed E-state index contributed by atoms with van der Waals surface area (Å²) in [6.07, 6.45) is 0.455. The Morgan fingerprint density at radius 1 is 1.36 bits per heavy atom. The minimum absolute atomic E-state index is 0.0513. The Morgan fingerprint density at radius 3 is 2.64 bits per heavy atom. The van der Waals surface area contributed by atoms with Gasteiger partial charge in [-0.3, -0.25) is 4.79 Å². The van der Waals surface area contributed by atoms with Crippen molar-refractivity contribution in [2.24, 2.45) is 0 Å². The first kappa shape index (κ1) is 11.1. The minimum atomic E-state index is 0.0513. The molecule has 0 fully saturated rings. The SMILES string of the molecule is CC.Cc1cc(Cl)cc2c1NC(=O)C2. The first-order valence-electron chi connectivity index (χ1n) is 4.75. The van der Waals surface area contributed by atoms with Crippen molar-refractivity contribution < 1.29 is 4.79 Å². The van der Waals surface area contributed by atoms with Gasteiger partial charge < -0.3 is 5.32 Å². The molecule has 1 aromatic rings. The predicted octanol–water partition coefficient (Wildman–Crippen LogP) is 3.17. The Kier molecular flexibility index (Phi) is 3.53. The van der Waals surface area contributed by atoms with E-state index in [2.05, 4.69) is 5.32 Å². The fourth-order valence-corrected chi connectivity index (χ4v) is 1.78. The molecule has 0 saturated carbocycles. The number of rotatable bonds is 0. The highest BCUT2D eigenvalue weighted by Gasteiger charge is 2.19. The molecule has 2 rings (SSSR count). The summed E-state index contributed by atoms with van der Waals surface area (Å²) in [5.74, 6) is 0.0513. The first-order chi connectivity index (χ1) is 6.66. The number of anilines is 1. The number of amides is 1. The van der Waals surface area contributed by atoms with Gasteiger partial charge in [-0.25, -0.2) is 0 Å². The fraction of sp³-hybridized carbons (Fsp3) is 0.364. The summed E-state index contributed by atoms with van der Waals surface area (Å²) in [6, 6.07) is 3.69. The van der Waals surface area contributed by atoms with E-state index >= 15 is 0 Å². The highest BCUT2D eigenvalue weighted by atomic mass is 35.5. The third kappa shape index (κ3) is 2.07. The molecule has 1 heterocycles. The van der Waals surface area contributed by atoms with Gasteiger partial charge in [-0.15, -0.1) is 0 Å². The lowest BCUT2D eigenvalue weighted by molar-refractivity contribution is -0.115. The van der Waals surface area contributed by atoms with E-state index in [1.165, 1.54) is 0 Å². The second-order valence-corrected chi connectivity index (χ2v) is 3.42. The van der Waals surface area contributed by atoms with Crippen LogP contribution in [0, 0.1) is 6.92 Å². The Labute approximate surface area is 89.3 Å². The van der Waals surface area contributed by atoms with Gasteiger partial charge in [0.2, 0.25) is 5.91 Å². The smallest absolute Gasteiger partial charge is 0.228 e. The lowest BCUT2D eigenvalue weighted by atomic mass is 10.1. The zero-order valence-electron chi connectivity index (χ0n) is 8.65. The molecule has 1 amide bonds. The molecule has 0 unspecified atom stereocenters. The maximum absolute atomic E-state index is 11.0. The summed E-state index contributed by atoms with van der Waals surface area (Å²) in [5, 5.41) is 3.49. The van der Waals surface area contributed by atoms with Gasteiger partial charge in [-0.1, -0.05) is 25.4 Å². The Balaban J connectivity index is 0.000000461. The number of fused-ring (bicyclic) bond motifs is 1. The van der Waals surface area contributed by atoms with Gasteiger partial charge in [-0.05, 0) is 30.2 Å². The third-order valence-electron chi connectivity index (χ3n) is 2.00. The number of benzene rings is 1. The molecule has 1 N–H and O–H groups in total. The first-order valence-corrected chi connectivity index (χ1v) is 5.13. The van der Waals surface area contributed by atoms with Gasteiger partial charge in [0.05, 0.1) is 6.42 Å². The van der Waals surface area contributed by atoms with Gasteiger partial charge in [-0.2, -0.15) is 0 Å². The largest absolute Gasteiger partial charge is 0.325 e. The number of carbonyl (C=O) groups is 1. The maximum Gasteiger partial charge on any atom is 0.228 e. The van der Waals surface area contributed by atoms with Crippen molar-refractivity contribution in [2.75, 3.05) is 5.32 Å². The van der Waals surface area contributed by atoms with Crippen LogP contribution in [0.4, 0.5) is 5.69 Å². The van der Waals surface area contributed by atoms with E-state index in [4.69, 9.17) is 11.6 Å². The molecule has 3 heteroatoms. The monoisotopic (exact) mass is 211 g/mol. The molecule has 0 spiro atoms. The van der Waals surface area contributed by atoms with Crippen molar-refractivity contribution in [1.29, 1.82) is 0 Å². The zero-order valence-corrected chi connectivity index (χ0v) is 9.40. The predicted molar refractivity (Wildman–Crippen MR) is 59.9 cm³/mol. The van der Waals surface area contributed by atoms with Crippen molar-refractivity contribution in [2.45, 2.75) is 27.2 Å². The van der Waals surface area contributed by atoms with E-state index in [0.29, 0.717) is 11.4 Å². The van der Waals surface area contributed by atoms with Crippen LogP contribution in [0.1, 0.15) is 25.0 Å². The van der Waals surface area contributed by atoms with Crippen molar-refractivity contribution in [3.05, 3.63) is 28.3 Å². The fourth-order valence-electron chi connectivity index (χ4n) is 1.49. The number of carbonyl (C=O) groups excluding carboxylic acids is 1. The molecule has 0 bridgehead atoms. The number of hydrogen-bond acceptors (Lipinski definition) is 1. The Morgan fingerprint density at radius 2 is 2.00 bits per heavy atom. The normalized spacial score (nSPS) is 12.7. The van der Waals surface area contributed by atoms with Crippen LogP contribution in [-0.4, -0.2) is 5.91 Å². The van der Waals surface area contributed by atoms with Crippen molar-refractivity contribution >= 4 is 23.2 Å². The van der Waals surface area contributed by atoms with Crippen LogP contribution in [0.5, 0.6) is 0 Å². The summed E-state index contributed by atoms with van der Waals surface area (Å²) in [6.45, 7) is 5.94. The van der Waals surface area contributed by atoms with Crippen molar-refractivity contribution in [3.8, 4) is 0 Å². The van der Waals surface area contributed by atoms with Gasteiger partial charge >= 0.3 is 0 Å². The summed E-state index contributed by atoms with van der Waals surface area (Å²) < 4.78 is 0. The van der Waals surface area contributed by atoms with Gasteiger partial charge in [0.1, 0.15) is 0 Å². The van der Waals surface area contributed by atoms with E-state index in [1.54, 1.807) is 0 Å². The van der Waals surface area contributed by atoms with Crippen LogP contribution in [-0.2, 0) is 11.2 Å². The quantitative estimate of drug-likeness (QED) is 0.702. The molecule has 1 aromatic carbocycles. The molecule has 0 aromatic heterocycles. The van der Waals surface area contributed by atoms with E-state index < -0.39 is 0 Å². The summed E-state index contributed by atoms with van der Waals surface area (Å²) >= 11 is 5.84.